The van der Waals surface area contributed by atoms with E-state index in [0.717, 1.165) is 73.9 Å². The Balaban J connectivity index is 1.13. The molecule has 9 heteroatoms. The monoisotopic (exact) mass is 449 g/mol. The number of aromatic nitrogens is 3. The average molecular weight is 450 g/mol. The molecule has 1 amide bonds. The first-order valence-electron chi connectivity index (χ1n) is 11.7. The Morgan fingerprint density at radius 2 is 1.52 bits per heavy atom. The number of aliphatic hydroxyl groups excluding tert-OH is 1. The number of carbonyl (C=O) groups is 1. The second-order valence-corrected chi connectivity index (χ2v) is 8.71. The van der Waals surface area contributed by atoms with E-state index in [1.54, 1.807) is 0 Å². The molecule has 0 aliphatic carbocycles. The van der Waals surface area contributed by atoms with Crippen LogP contribution < -0.4 is 9.80 Å². The fourth-order valence-electron chi connectivity index (χ4n) is 4.74. The molecule has 2 aliphatic heterocycles. The molecular weight excluding hydrogens is 418 g/mol. The lowest BCUT2D eigenvalue weighted by atomic mass is 10.1. The molecule has 2 fully saturated rings. The summed E-state index contributed by atoms with van der Waals surface area (Å²) < 4.78 is 0. The second kappa shape index (κ2) is 9.76. The largest absolute Gasteiger partial charge is 0.395 e. The van der Waals surface area contributed by atoms with E-state index in [9.17, 15) is 4.79 Å². The van der Waals surface area contributed by atoms with Crippen LogP contribution in [-0.2, 0) is 11.2 Å². The summed E-state index contributed by atoms with van der Waals surface area (Å²) in [4.78, 5) is 24.8. The van der Waals surface area contributed by atoms with Crippen molar-refractivity contribution in [3.8, 4) is 0 Å². The number of β-amino-alcohol motifs (C(OH)–C–C–N with tert-alkyl or cyclic N) is 1. The molecular formula is C24H31N7O2. The lowest BCUT2D eigenvalue weighted by molar-refractivity contribution is -0.130. The Morgan fingerprint density at radius 1 is 0.879 bits per heavy atom. The van der Waals surface area contributed by atoms with Crippen LogP contribution in [0.25, 0.3) is 10.9 Å². The molecule has 0 saturated carbocycles. The van der Waals surface area contributed by atoms with Crippen molar-refractivity contribution in [1.82, 2.24) is 25.0 Å². The van der Waals surface area contributed by atoms with Gasteiger partial charge in [0, 0.05) is 76.0 Å². The molecule has 2 aliphatic rings. The number of anilines is 2. The maximum absolute atomic E-state index is 12.9. The third kappa shape index (κ3) is 4.79. The Hall–Kier alpha value is -3.17. The first kappa shape index (κ1) is 21.7. The summed E-state index contributed by atoms with van der Waals surface area (Å²) in [6, 6.07) is 12.2. The van der Waals surface area contributed by atoms with Crippen LogP contribution in [0.5, 0.6) is 0 Å². The summed E-state index contributed by atoms with van der Waals surface area (Å²) in [6.07, 6.45) is 2.37. The third-order valence-electron chi connectivity index (χ3n) is 6.72. The van der Waals surface area contributed by atoms with Gasteiger partial charge >= 0.3 is 0 Å². The second-order valence-electron chi connectivity index (χ2n) is 8.71. The number of aliphatic hydroxyl groups is 1. The van der Waals surface area contributed by atoms with Crippen molar-refractivity contribution in [2.75, 3.05) is 75.3 Å². The van der Waals surface area contributed by atoms with E-state index >= 15 is 0 Å². The first-order valence-corrected chi connectivity index (χ1v) is 11.7. The summed E-state index contributed by atoms with van der Waals surface area (Å²) in [7, 11) is 0. The number of hydrogen-bond donors (Lipinski definition) is 2. The normalized spacial score (nSPS) is 17.7. The number of nitrogens with one attached hydrogen (secondary N) is 1. The molecule has 9 nitrogen and oxygen atoms in total. The fraction of sp³-hybridized carbons (Fsp3) is 0.458. The predicted octanol–water partition coefficient (Wildman–Crippen LogP) is 0.963. The van der Waals surface area contributed by atoms with Crippen LogP contribution in [0.3, 0.4) is 0 Å². The maximum Gasteiger partial charge on any atom is 0.227 e. The lowest BCUT2D eigenvalue weighted by Gasteiger charge is -2.36. The van der Waals surface area contributed by atoms with E-state index in [-0.39, 0.29) is 12.5 Å². The number of H-pyrrole nitrogens is 1. The number of para-hydroxylation sites is 1. The standard InChI is InChI=1S/C24H31N7O2/c32-16-15-28-7-9-29(10-8-28)22-5-6-23(27-26-22)30-11-13-31(14-12-30)24(33)17-19-18-25-21-4-2-1-3-20(19)21/h1-6,18,25,32H,7-17H2. The number of hydrogen-bond acceptors (Lipinski definition) is 7. The molecule has 0 radical (unpaired) electrons. The highest BCUT2D eigenvalue weighted by Crippen LogP contribution is 2.21. The number of carbonyl (C=O) groups excluding carboxylic acids is 1. The molecule has 2 N–H and O–H groups in total. The fourth-order valence-corrected chi connectivity index (χ4v) is 4.74. The van der Waals surface area contributed by atoms with Crippen molar-refractivity contribution in [2.24, 2.45) is 0 Å². The van der Waals surface area contributed by atoms with Crippen molar-refractivity contribution in [3.05, 3.63) is 48.2 Å². The highest BCUT2D eigenvalue weighted by atomic mass is 16.3. The number of piperazine rings is 2. The summed E-state index contributed by atoms with van der Waals surface area (Å²) in [5.74, 6) is 1.93. The van der Waals surface area contributed by atoms with Crippen molar-refractivity contribution in [1.29, 1.82) is 0 Å². The van der Waals surface area contributed by atoms with E-state index in [0.29, 0.717) is 19.5 Å². The Morgan fingerprint density at radius 3 is 2.15 bits per heavy atom. The van der Waals surface area contributed by atoms with Crippen LogP contribution in [0, 0.1) is 0 Å². The van der Waals surface area contributed by atoms with Crippen LogP contribution >= 0.6 is 0 Å². The zero-order valence-corrected chi connectivity index (χ0v) is 18.9. The van der Waals surface area contributed by atoms with Gasteiger partial charge in [-0.1, -0.05) is 18.2 Å². The molecule has 4 heterocycles. The SMILES string of the molecule is O=C(Cc1c[nH]c2ccccc12)N1CCN(c2ccc(N3CCN(CCO)CC3)nn2)CC1. The molecule has 33 heavy (non-hydrogen) atoms. The van der Waals surface area contributed by atoms with E-state index in [4.69, 9.17) is 5.11 Å². The molecule has 174 valence electrons. The van der Waals surface area contributed by atoms with E-state index in [1.165, 1.54) is 0 Å². The molecule has 2 aromatic heterocycles. The maximum atomic E-state index is 12.9. The topological polar surface area (TPSA) is 91.8 Å². The molecule has 5 rings (SSSR count). The number of amides is 1. The summed E-state index contributed by atoms with van der Waals surface area (Å²) in [5, 5.41) is 19.1. The van der Waals surface area contributed by atoms with Crippen LogP contribution in [0.2, 0.25) is 0 Å². The Labute approximate surface area is 193 Å². The quantitative estimate of drug-likeness (QED) is 0.579. The van der Waals surface area contributed by atoms with Crippen LogP contribution in [0.15, 0.2) is 42.6 Å². The van der Waals surface area contributed by atoms with Crippen molar-refractivity contribution >= 4 is 28.4 Å². The molecule has 2 saturated heterocycles. The van der Waals surface area contributed by atoms with E-state index in [1.807, 2.05) is 41.4 Å². The van der Waals surface area contributed by atoms with Gasteiger partial charge in [-0.05, 0) is 23.8 Å². The summed E-state index contributed by atoms with van der Waals surface area (Å²) >= 11 is 0. The van der Waals surface area contributed by atoms with Gasteiger partial charge in [0.2, 0.25) is 5.91 Å². The Kier molecular flexibility index (Phi) is 6.41. The minimum Gasteiger partial charge on any atom is -0.395 e. The highest BCUT2D eigenvalue weighted by Gasteiger charge is 2.24. The summed E-state index contributed by atoms with van der Waals surface area (Å²) in [6.45, 7) is 7.48. The molecule has 0 atom stereocenters. The zero-order chi connectivity index (χ0) is 22.6. The lowest BCUT2D eigenvalue weighted by Crippen LogP contribution is -2.49. The molecule has 0 bridgehead atoms. The van der Waals surface area contributed by atoms with Gasteiger partial charge in [-0.3, -0.25) is 9.69 Å². The third-order valence-corrected chi connectivity index (χ3v) is 6.72. The van der Waals surface area contributed by atoms with Gasteiger partial charge in [0.1, 0.15) is 0 Å². The number of aromatic amines is 1. The first-order chi connectivity index (χ1) is 16.2. The van der Waals surface area contributed by atoms with Crippen molar-refractivity contribution in [2.45, 2.75) is 6.42 Å². The highest BCUT2D eigenvalue weighted by molar-refractivity contribution is 5.89. The van der Waals surface area contributed by atoms with Crippen molar-refractivity contribution in [3.63, 3.8) is 0 Å². The van der Waals surface area contributed by atoms with Gasteiger partial charge < -0.3 is 24.8 Å². The van der Waals surface area contributed by atoms with Gasteiger partial charge in [0.05, 0.1) is 13.0 Å². The van der Waals surface area contributed by atoms with Crippen LogP contribution in [0.4, 0.5) is 11.6 Å². The number of nitrogens with zero attached hydrogens (tertiary/aromatic N) is 6. The van der Waals surface area contributed by atoms with E-state index in [2.05, 4.69) is 35.9 Å². The zero-order valence-electron chi connectivity index (χ0n) is 18.9. The van der Waals surface area contributed by atoms with Gasteiger partial charge in [0.15, 0.2) is 11.6 Å². The number of benzene rings is 1. The van der Waals surface area contributed by atoms with Gasteiger partial charge in [-0.25, -0.2) is 0 Å². The molecule has 1 aromatic carbocycles. The predicted molar refractivity (Wildman–Crippen MR) is 129 cm³/mol. The molecule has 0 unspecified atom stereocenters. The van der Waals surface area contributed by atoms with Crippen LogP contribution in [0.1, 0.15) is 5.56 Å². The molecule has 0 spiro atoms. The number of rotatable bonds is 6. The average Bonchev–Trinajstić information content (AvgIpc) is 3.28. The minimum atomic E-state index is 0.168. The number of fused-ring (bicyclic) bond motifs is 1. The van der Waals surface area contributed by atoms with Gasteiger partial charge in [-0.2, -0.15) is 0 Å². The van der Waals surface area contributed by atoms with E-state index < -0.39 is 0 Å². The van der Waals surface area contributed by atoms with Crippen molar-refractivity contribution < 1.29 is 9.90 Å². The Bertz CT molecular complexity index is 1070. The van der Waals surface area contributed by atoms with Gasteiger partial charge in [0.25, 0.3) is 0 Å². The molecule has 3 aromatic rings. The summed E-state index contributed by atoms with van der Waals surface area (Å²) in [5.41, 5.74) is 2.12. The van der Waals surface area contributed by atoms with Gasteiger partial charge in [-0.15, -0.1) is 10.2 Å². The smallest absolute Gasteiger partial charge is 0.227 e. The minimum absolute atomic E-state index is 0.168. The van der Waals surface area contributed by atoms with Crippen LogP contribution in [-0.4, -0.2) is 102 Å².